The molecule has 0 saturated heterocycles. The summed E-state index contributed by atoms with van der Waals surface area (Å²) in [5.41, 5.74) is 2.58. The first kappa shape index (κ1) is 11.2. The predicted octanol–water partition coefficient (Wildman–Crippen LogP) is 2.80. The molecule has 0 spiro atoms. The lowest BCUT2D eigenvalue weighted by Gasteiger charge is -2.06. The Morgan fingerprint density at radius 2 is 1.94 bits per heavy atom. The number of nitrogens with zero attached hydrogens (tertiary/aromatic N) is 2. The van der Waals surface area contributed by atoms with Gasteiger partial charge in [0.25, 0.3) is 0 Å². The van der Waals surface area contributed by atoms with E-state index in [9.17, 15) is 0 Å². The number of fused-ring (bicyclic) bond motifs is 3. The highest BCUT2D eigenvalue weighted by Gasteiger charge is 2.08. The summed E-state index contributed by atoms with van der Waals surface area (Å²) in [5.74, 6) is 0. The molecule has 0 saturated carbocycles. The summed E-state index contributed by atoms with van der Waals surface area (Å²) >= 11 is 0. The van der Waals surface area contributed by atoms with E-state index < -0.39 is 0 Å². The van der Waals surface area contributed by atoms with Crippen LogP contribution >= 0.6 is 0 Å². The van der Waals surface area contributed by atoms with Gasteiger partial charge in [0, 0.05) is 35.2 Å². The monoisotopic (exact) mass is 239 g/mol. The van der Waals surface area contributed by atoms with Gasteiger partial charge in [-0.1, -0.05) is 18.2 Å². The van der Waals surface area contributed by atoms with Crippen molar-refractivity contribution in [3.05, 3.63) is 42.7 Å². The fourth-order valence-corrected chi connectivity index (χ4v) is 2.55. The normalized spacial score (nSPS) is 11.4. The van der Waals surface area contributed by atoms with Crippen molar-refractivity contribution >= 4 is 21.8 Å². The Balaban J connectivity index is 2.18. The van der Waals surface area contributed by atoms with Gasteiger partial charge in [0.2, 0.25) is 0 Å². The molecule has 0 unspecified atom stereocenters. The van der Waals surface area contributed by atoms with Crippen molar-refractivity contribution in [1.82, 2.24) is 14.9 Å². The van der Waals surface area contributed by atoms with Gasteiger partial charge in [-0.2, -0.15) is 0 Å². The Hall–Kier alpha value is -1.87. The molecule has 0 bridgehead atoms. The Morgan fingerprint density at radius 3 is 2.83 bits per heavy atom. The van der Waals surface area contributed by atoms with Crippen molar-refractivity contribution in [2.75, 3.05) is 13.6 Å². The lowest BCUT2D eigenvalue weighted by molar-refractivity contribution is 0.638. The molecule has 0 amide bonds. The van der Waals surface area contributed by atoms with E-state index in [2.05, 4.69) is 45.2 Å². The Bertz CT molecular complexity index is 616. The number of pyridine rings is 1. The minimum atomic E-state index is 1.04. The molecule has 0 aliphatic heterocycles. The summed E-state index contributed by atoms with van der Waals surface area (Å²) in [6.07, 6.45) is 4.97. The molecule has 0 atom stereocenters. The molecular weight excluding hydrogens is 222 g/mol. The Labute approximate surface area is 106 Å². The second kappa shape index (κ2) is 4.78. The summed E-state index contributed by atoms with van der Waals surface area (Å²) in [4.78, 5) is 4.25. The third kappa shape index (κ3) is 1.77. The third-order valence-electron chi connectivity index (χ3n) is 3.38. The number of aromatic nitrogens is 2. The topological polar surface area (TPSA) is 29.9 Å². The van der Waals surface area contributed by atoms with E-state index in [1.54, 1.807) is 0 Å². The lowest BCUT2D eigenvalue weighted by atomic mass is 10.2. The number of aryl methyl sites for hydroxylation is 1. The highest BCUT2D eigenvalue weighted by molar-refractivity contribution is 6.07. The van der Waals surface area contributed by atoms with Crippen LogP contribution in [0.25, 0.3) is 21.8 Å². The smallest absolute Gasteiger partial charge is 0.0522 e. The summed E-state index contributed by atoms with van der Waals surface area (Å²) in [7, 11) is 2.00. The molecule has 3 nitrogen and oxygen atoms in total. The highest BCUT2D eigenvalue weighted by Crippen LogP contribution is 2.27. The molecule has 3 aromatic rings. The average Bonchev–Trinajstić information content (AvgIpc) is 2.74. The molecule has 92 valence electrons. The van der Waals surface area contributed by atoms with Gasteiger partial charge in [0.05, 0.1) is 5.52 Å². The number of para-hydroxylation sites is 1. The van der Waals surface area contributed by atoms with Crippen LogP contribution in [0.15, 0.2) is 42.7 Å². The van der Waals surface area contributed by atoms with E-state index in [1.807, 2.05) is 19.4 Å². The van der Waals surface area contributed by atoms with E-state index in [4.69, 9.17) is 0 Å². The molecule has 0 radical (unpaired) electrons. The molecule has 3 rings (SSSR count). The van der Waals surface area contributed by atoms with Crippen LogP contribution in [0.5, 0.6) is 0 Å². The average molecular weight is 239 g/mol. The summed E-state index contributed by atoms with van der Waals surface area (Å²) < 4.78 is 2.39. The molecule has 3 heteroatoms. The van der Waals surface area contributed by atoms with Crippen LogP contribution in [0.3, 0.4) is 0 Å². The van der Waals surface area contributed by atoms with Crippen LogP contribution in [0.1, 0.15) is 6.42 Å². The largest absolute Gasteiger partial charge is 0.340 e. The van der Waals surface area contributed by atoms with Crippen LogP contribution in [-0.4, -0.2) is 23.1 Å². The molecule has 1 N–H and O–H groups in total. The SMILES string of the molecule is CNCCCn1c2ccccc2c2cnccc21. The van der Waals surface area contributed by atoms with Crippen molar-refractivity contribution < 1.29 is 0 Å². The zero-order valence-corrected chi connectivity index (χ0v) is 10.6. The first-order valence-corrected chi connectivity index (χ1v) is 6.37. The van der Waals surface area contributed by atoms with Crippen molar-refractivity contribution in [2.45, 2.75) is 13.0 Å². The Kier molecular flexibility index (Phi) is 2.99. The fraction of sp³-hybridized carbons (Fsp3) is 0.267. The summed E-state index contributed by atoms with van der Waals surface area (Å²) in [5, 5.41) is 5.74. The molecule has 0 aliphatic rings. The van der Waals surface area contributed by atoms with Crippen LogP contribution in [0.2, 0.25) is 0 Å². The summed E-state index contributed by atoms with van der Waals surface area (Å²) in [6, 6.07) is 10.7. The van der Waals surface area contributed by atoms with Crippen LogP contribution < -0.4 is 5.32 Å². The van der Waals surface area contributed by atoms with Crippen LogP contribution in [-0.2, 0) is 6.54 Å². The first-order valence-electron chi connectivity index (χ1n) is 6.37. The maximum atomic E-state index is 4.25. The molecule has 0 fully saturated rings. The lowest BCUT2D eigenvalue weighted by Crippen LogP contribution is -2.10. The first-order chi connectivity index (χ1) is 8.92. The van der Waals surface area contributed by atoms with E-state index in [0.29, 0.717) is 0 Å². The number of rotatable bonds is 4. The van der Waals surface area contributed by atoms with Gasteiger partial charge >= 0.3 is 0 Å². The van der Waals surface area contributed by atoms with Gasteiger partial charge in [0.15, 0.2) is 0 Å². The predicted molar refractivity (Wildman–Crippen MR) is 75.8 cm³/mol. The second-order valence-corrected chi connectivity index (χ2v) is 4.52. The van der Waals surface area contributed by atoms with E-state index in [-0.39, 0.29) is 0 Å². The second-order valence-electron chi connectivity index (χ2n) is 4.52. The highest BCUT2D eigenvalue weighted by atomic mass is 15.0. The van der Waals surface area contributed by atoms with Gasteiger partial charge < -0.3 is 9.88 Å². The zero-order chi connectivity index (χ0) is 12.4. The molecule has 18 heavy (non-hydrogen) atoms. The van der Waals surface area contributed by atoms with Crippen molar-refractivity contribution in [1.29, 1.82) is 0 Å². The van der Waals surface area contributed by atoms with Gasteiger partial charge in [-0.25, -0.2) is 0 Å². The summed E-state index contributed by atoms with van der Waals surface area (Å²) in [6.45, 7) is 2.08. The molecule has 2 heterocycles. The zero-order valence-electron chi connectivity index (χ0n) is 10.6. The van der Waals surface area contributed by atoms with Gasteiger partial charge in [-0.05, 0) is 32.1 Å². The van der Waals surface area contributed by atoms with Gasteiger partial charge in [0.1, 0.15) is 0 Å². The van der Waals surface area contributed by atoms with Crippen molar-refractivity contribution in [3.8, 4) is 0 Å². The van der Waals surface area contributed by atoms with E-state index in [0.717, 1.165) is 19.5 Å². The van der Waals surface area contributed by atoms with Crippen molar-refractivity contribution in [2.24, 2.45) is 0 Å². The van der Waals surface area contributed by atoms with E-state index >= 15 is 0 Å². The number of hydrogen-bond acceptors (Lipinski definition) is 2. The van der Waals surface area contributed by atoms with Gasteiger partial charge in [-0.15, -0.1) is 0 Å². The standard InChI is InChI=1S/C15H17N3/c1-16-8-4-10-18-14-6-3-2-5-12(14)13-11-17-9-7-15(13)18/h2-3,5-7,9,11,16H,4,8,10H2,1H3. The number of benzene rings is 1. The van der Waals surface area contributed by atoms with Gasteiger partial charge in [-0.3, -0.25) is 4.98 Å². The minimum Gasteiger partial charge on any atom is -0.340 e. The minimum absolute atomic E-state index is 1.04. The third-order valence-corrected chi connectivity index (χ3v) is 3.38. The molecular formula is C15H17N3. The Morgan fingerprint density at radius 1 is 1.11 bits per heavy atom. The molecule has 1 aromatic carbocycles. The number of hydrogen-bond donors (Lipinski definition) is 1. The molecule has 2 aromatic heterocycles. The van der Waals surface area contributed by atoms with E-state index in [1.165, 1.54) is 21.8 Å². The number of nitrogens with one attached hydrogen (secondary N) is 1. The van der Waals surface area contributed by atoms with Crippen molar-refractivity contribution in [3.63, 3.8) is 0 Å². The maximum Gasteiger partial charge on any atom is 0.0522 e. The molecule has 0 aliphatic carbocycles. The maximum absolute atomic E-state index is 4.25. The van der Waals surface area contributed by atoms with Crippen LogP contribution in [0.4, 0.5) is 0 Å². The van der Waals surface area contributed by atoms with Crippen LogP contribution in [0, 0.1) is 0 Å². The fourth-order valence-electron chi connectivity index (χ4n) is 2.55. The quantitative estimate of drug-likeness (QED) is 0.709.